The lowest BCUT2D eigenvalue weighted by Crippen LogP contribution is -2.41. The molecule has 8 unspecified atom stereocenters. The van der Waals surface area contributed by atoms with Gasteiger partial charge in [-0.05, 0) is 114 Å². The average Bonchev–Trinajstić information content (AvgIpc) is 3.61. The van der Waals surface area contributed by atoms with Crippen molar-refractivity contribution in [1.82, 2.24) is 4.98 Å². The largest absolute Gasteiger partial charge is 0.478 e. The molecule has 11 nitrogen and oxygen atoms in total. The molecule has 0 radical (unpaired) electrons. The van der Waals surface area contributed by atoms with Crippen LogP contribution in [0.1, 0.15) is 68.1 Å². The Labute approximate surface area is 299 Å². The standard InChI is InChI=1S/C40H52N6O5/c1-24(23-49)4-10-31(41)11-9-26-7-8-28-19-30-18-27-6-5-25(12-15-47)17-29(27)20-32(30)39(26)33(28)21-36(45-37-3-2-14-44-37)34(22-38(50)51)35(13-16-48)46-40(42)43/h2-3,5-8,14-15,17-18,20,22-24,26,28,31,33,35-36,39,44-45,48H,4,9-13,16,19,21,41H2,1H3,(H,50,51)(H4,42,43,46). The first-order valence-electron chi connectivity index (χ1n) is 18.0. The Balaban J connectivity index is 1.58. The average molecular weight is 697 g/mol. The number of aliphatic carboxylic acids is 1. The minimum atomic E-state index is -1.13. The molecule has 1 aromatic heterocycles. The molecule has 272 valence electrons. The Morgan fingerprint density at radius 3 is 2.59 bits per heavy atom. The predicted octanol–water partition coefficient (Wildman–Crippen LogP) is 4.60. The van der Waals surface area contributed by atoms with Crippen LogP contribution >= 0.6 is 0 Å². The van der Waals surface area contributed by atoms with E-state index >= 15 is 0 Å². The van der Waals surface area contributed by atoms with Gasteiger partial charge in [-0.1, -0.05) is 49.4 Å². The number of aromatic nitrogens is 1. The summed E-state index contributed by atoms with van der Waals surface area (Å²) in [5.74, 6) is -0.0551. The van der Waals surface area contributed by atoms with Crippen molar-refractivity contribution >= 4 is 41.1 Å². The minimum Gasteiger partial charge on any atom is -0.478 e. The van der Waals surface area contributed by atoms with Crippen LogP contribution in [0, 0.1) is 23.7 Å². The van der Waals surface area contributed by atoms with Gasteiger partial charge in [-0.2, -0.15) is 0 Å². The van der Waals surface area contributed by atoms with Crippen LogP contribution in [-0.2, 0) is 27.2 Å². The molecule has 1 heterocycles. The quantitative estimate of drug-likeness (QED) is 0.0307. The number of aliphatic imine (C=N–C) groups is 1. The van der Waals surface area contributed by atoms with Crippen molar-refractivity contribution in [2.45, 2.75) is 82.3 Å². The fourth-order valence-electron chi connectivity index (χ4n) is 8.22. The van der Waals surface area contributed by atoms with Crippen molar-refractivity contribution in [1.29, 1.82) is 0 Å². The maximum Gasteiger partial charge on any atom is 0.328 e. The summed E-state index contributed by atoms with van der Waals surface area (Å²) in [5.41, 5.74) is 22.3. The zero-order valence-electron chi connectivity index (χ0n) is 29.3. The fourth-order valence-corrected chi connectivity index (χ4v) is 8.22. The number of allylic oxidation sites excluding steroid dienone is 2. The molecule has 51 heavy (non-hydrogen) atoms. The van der Waals surface area contributed by atoms with Crippen LogP contribution in [-0.4, -0.2) is 64.4 Å². The van der Waals surface area contributed by atoms with E-state index < -0.39 is 18.1 Å². The van der Waals surface area contributed by atoms with E-state index in [-0.39, 0.29) is 54.6 Å². The topological polar surface area (TPSA) is 210 Å². The number of nitrogens with two attached hydrogens (primary N) is 3. The van der Waals surface area contributed by atoms with Crippen LogP contribution in [0.15, 0.2) is 77.5 Å². The number of anilines is 1. The van der Waals surface area contributed by atoms with Gasteiger partial charge in [0, 0.05) is 37.3 Å². The van der Waals surface area contributed by atoms with Crippen LogP contribution in [0.4, 0.5) is 5.82 Å². The van der Waals surface area contributed by atoms with Crippen LogP contribution in [0.5, 0.6) is 0 Å². The lowest BCUT2D eigenvalue weighted by molar-refractivity contribution is -0.131. The highest BCUT2D eigenvalue weighted by Crippen LogP contribution is 2.52. The number of benzene rings is 2. The van der Waals surface area contributed by atoms with Gasteiger partial charge in [0.25, 0.3) is 0 Å². The molecular formula is C40H52N6O5. The second kappa shape index (κ2) is 17.5. The number of H-pyrrole nitrogens is 1. The molecule has 10 N–H and O–H groups in total. The number of aliphatic hydroxyl groups is 1. The molecule has 0 fully saturated rings. The SMILES string of the molecule is CC(C=O)CCC(N)CCC1C=CC2Cc3cc4ccc(CC=O)cc4cc3C1C2CC(Nc1ccc[nH]1)C(=CC(=O)O)C(CCO)N=C(N)N. The van der Waals surface area contributed by atoms with E-state index in [0.717, 1.165) is 66.8 Å². The predicted molar refractivity (Wildman–Crippen MR) is 201 cm³/mol. The van der Waals surface area contributed by atoms with Crippen molar-refractivity contribution in [2.75, 3.05) is 11.9 Å². The number of hydrogen-bond donors (Lipinski definition) is 7. The van der Waals surface area contributed by atoms with E-state index in [0.29, 0.717) is 18.4 Å². The summed E-state index contributed by atoms with van der Waals surface area (Å²) in [6.07, 6.45) is 14.7. The molecule has 2 bridgehead atoms. The second-order valence-electron chi connectivity index (χ2n) is 14.3. The third-order valence-corrected chi connectivity index (χ3v) is 10.7. The first-order chi connectivity index (χ1) is 24.6. The van der Waals surface area contributed by atoms with Crippen molar-refractivity contribution in [3.8, 4) is 0 Å². The lowest BCUT2D eigenvalue weighted by Gasteiger charge is -2.47. The van der Waals surface area contributed by atoms with E-state index in [4.69, 9.17) is 17.2 Å². The van der Waals surface area contributed by atoms with Crippen molar-refractivity contribution in [3.63, 3.8) is 0 Å². The number of carboxylic acid groups (broad SMARTS) is 1. The number of carbonyl (C=O) groups excluding carboxylic acids is 2. The molecular weight excluding hydrogens is 644 g/mol. The zero-order valence-corrected chi connectivity index (χ0v) is 29.3. The molecule has 0 aliphatic heterocycles. The summed E-state index contributed by atoms with van der Waals surface area (Å²) >= 11 is 0. The number of aliphatic hydroxyl groups excluding tert-OH is 1. The summed E-state index contributed by atoms with van der Waals surface area (Å²) in [4.78, 5) is 42.5. The number of carboxylic acids is 1. The molecule has 2 aromatic carbocycles. The van der Waals surface area contributed by atoms with Gasteiger partial charge in [-0.3, -0.25) is 0 Å². The molecule has 0 saturated carbocycles. The highest BCUT2D eigenvalue weighted by Gasteiger charge is 2.43. The molecule has 8 atom stereocenters. The van der Waals surface area contributed by atoms with Gasteiger partial charge >= 0.3 is 5.97 Å². The van der Waals surface area contributed by atoms with Crippen LogP contribution in [0.2, 0.25) is 0 Å². The Morgan fingerprint density at radius 1 is 1.08 bits per heavy atom. The number of hydrogen-bond acceptors (Lipinski definition) is 7. The number of guanidine groups is 1. The molecule has 3 aromatic rings. The number of rotatable bonds is 19. The lowest BCUT2D eigenvalue weighted by atomic mass is 9.58. The van der Waals surface area contributed by atoms with E-state index in [1.165, 1.54) is 17.2 Å². The second-order valence-corrected chi connectivity index (χ2v) is 14.3. The third-order valence-electron chi connectivity index (χ3n) is 10.7. The Morgan fingerprint density at radius 2 is 1.90 bits per heavy atom. The Bertz CT molecular complexity index is 1750. The molecule has 0 amide bonds. The number of fused-ring (bicyclic) bond motifs is 5. The summed E-state index contributed by atoms with van der Waals surface area (Å²) in [6.45, 7) is 1.69. The van der Waals surface area contributed by atoms with Crippen molar-refractivity contribution in [2.24, 2.45) is 45.9 Å². The summed E-state index contributed by atoms with van der Waals surface area (Å²) < 4.78 is 0. The smallest absolute Gasteiger partial charge is 0.328 e. The van der Waals surface area contributed by atoms with Crippen molar-refractivity contribution in [3.05, 3.63) is 89.2 Å². The maximum atomic E-state index is 12.3. The van der Waals surface area contributed by atoms with E-state index in [1.54, 1.807) is 6.20 Å². The van der Waals surface area contributed by atoms with E-state index in [2.05, 4.69) is 51.7 Å². The number of carbonyl (C=O) groups is 3. The van der Waals surface area contributed by atoms with Crippen LogP contribution < -0.4 is 22.5 Å². The first-order valence-corrected chi connectivity index (χ1v) is 18.0. The number of nitrogens with one attached hydrogen (secondary N) is 2. The Kier molecular flexibility index (Phi) is 12.8. The highest BCUT2D eigenvalue weighted by molar-refractivity contribution is 5.86. The number of aldehydes is 2. The van der Waals surface area contributed by atoms with Crippen LogP contribution in [0.25, 0.3) is 10.8 Å². The number of aromatic amines is 1. The van der Waals surface area contributed by atoms with Gasteiger partial charge in [0.1, 0.15) is 18.4 Å². The Hall–Kier alpha value is -4.74. The van der Waals surface area contributed by atoms with Crippen LogP contribution in [0.3, 0.4) is 0 Å². The minimum absolute atomic E-state index is 0.0239. The molecule has 2 aliphatic rings. The molecule has 0 saturated heterocycles. The zero-order chi connectivity index (χ0) is 36.5. The van der Waals surface area contributed by atoms with Gasteiger partial charge in [-0.25, -0.2) is 9.79 Å². The normalized spacial score (nSPS) is 22.0. The summed E-state index contributed by atoms with van der Waals surface area (Å²) in [5, 5.41) is 25.8. The molecule has 2 aliphatic carbocycles. The van der Waals surface area contributed by atoms with Gasteiger partial charge in [0.15, 0.2) is 5.96 Å². The molecule has 0 spiro atoms. The third kappa shape index (κ3) is 9.53. The molecule has 5 rings (SSSR count). The monoisotopic (exact) mass is 696 g/mol. The van der Waals surface area contributed by atoms with Gasteiger partial charge in [-0.15, -0.1) is 0 Å². The van der Waals surface area contributed by atoms with Gasteiger partial charge in [0.2, 0.25) is 0 Å². The van der Waals surface area contributed by atoms with E-state index in [1.807, 2.05) is 25.1 Å². The van der Waals surface area contributed by atoms with Crippen molar-refractivity contribution < 1.29 is 24.6 Å². The fraction of sp³-hybridized carbons (Fsp3) is 0.450. The summed E-state index contributed by atoms with van der Waals surface area (Å²) in [6, 6.07) is 13.3. The first kappa shape index (κ1) is 37.5. The summed E-state index contributed by atoms with van der Waals surface area (Å²) in [7, 11) is 0. The number of nitrogens with zero attached hydrogens (tertiary/aromatic N) is 1. The highest BCUT2D eigenvalue weighted by atomic mass is 16.4. The molecule has 11 heteroatoms. The van der Waals surface area contributed by atoms with Gasteiger partial charge < -0.3 is 47.3 Å². The van der Waals surface area contributed by atoms with Gasteiger partial charge in [0.05, 0.1) is 12.1 Å². The maximum absolute atomic E-state index is 12.3. The van der Waals surface area contributed by atoms with E-state index in [9.17, 15) is 24.6 Å².